The molecule has 0 bridgehead atoms. The van der Waals surface area contributed by atoms with E-state index in [1.54, 1.807) is 19.1 Å². The van der Waals surface area contributed by atoms with Crippen molar-refractivity contribution in [2.75, 3.05) is 0 Å². The molecule has 0 amide bonds. The first-order valence-electron chi connectivity index (χ1n) is 6.39. The van der Waals surface area contributed by atoms with Gasteiger partial charge in [0.1, 0.15) is 18.2 Å². The van der Waals surface area contributed by atoms with Crippen LogP contribution in [0.2, 0.25) is 5.02 Å². The molecule has 0 fully saturated rings. The van der Waals surface area contributed by atoms with Crippen molar-refractivity contribution in [1.82, 2.24) is 0 Å². The van der Waals surface area contributed by atoms with Crippen molar-refractivity contribution in [1.29, 1.82) is 0 Å². The molecule has 0 aliphatic heterocycles. The lowest BCUT2D eigenvalue weighted by atomic mass is 10.1. The van der Waals surface area contributed by atoms with Crippen LogP contribution in [0.25, 0.3) is 0 Å². The summed E-state index contributed by atoms with van der Waals surface area (Å²) in [5.41, 5.74) is 1.65. The van der Waals surface area contributed by atoms with Gasteiger partial charge in [0.2, 0.25) is 0 Å². The standard InChI is InChI=1S/C16H16ClFO2/c1-11(19)9-12-5-7-14(8-6-12)20-10-13-3-2-4-15(18)16(13)17/h2-8,11,19H,9-10H2,1H3. The summed E-state index contributed by atoms with van der Waals surface area (Å²) in [5.74, 6) is 0.236. The van der Waals surface area contributed by atoms with E-state index in [1.165, 1.54) is 6.07 Å². The van der Waals surface area contributed by atoms with Crippen LogP contribution in [0.15, 0.2) is 42.5 Å². The number of hydrogen-bond donors (Lipinski definition) is 1. The van der Waals surface area contributed by atoms with Crippen molar-refractivity contribution in [3.05, 3.63) is 64.4 Å². The van der Waals surface area contributed by atoms with Crippen molar-refractivity contribution in [3.8, 4) is 5.75 Å². The molecule has 2 aromatic rings. The quantitative estimate of drug-likeness (QED) is 0.904. The Kier molecular flexibility index (Phi) is 4.99. The minimum absolute atomic E-state index is 0.0956. The maximum absolute atomic E-state index is 13.3. The van der Waals surface area contributed by atoms with Crippen molar-refractivity contribution in [2.45, 2.75) is 26.1 Å². The summed E-state index contributed by atoms with van der Waals surface area (Å²) in [6.07, 6.45) is 0.239. The Morgan fingerprint density at radius 2 is 1.90 bits per heavy atom. The van der Waals surface area contributed by atoms with E-state index in [2.05, 4.69) is 0 Å². The topological polar surface area (TPSA) is 29.5 Å². The second-order valence-electron chi connectivity index (χ2n) is 4.70. The zero-order valence-corrected chi connectivity index (χ0v) is 11.9. The van der Waals surface area contributed by atoms with Gasteiger partial charge in [-0.25, -0.2) is 4.39 Å². The summed E-state index contributed by atoms with van der Waals surface area (Å²) in [6.45, 7) is 1.96. The molecular formula is C16H16ClFO2. The third-order valence-electron chi connectivity index (χ3n) is 2.88. The first kappa shape index (κ1) is 14.8. The predicted molar refractivity (Wildman–Crippen MR) is 77.6 cm³/mol. The van der Waals surface area contributed by atoms with E-state index in [1.807, 2.05) is 24.3 Å². The van der Waals surface area contributed by atoms with Crippen LogP contribution in [0, 0.1) is 5.82 Å². The summed E-state index contributed by atoms with van der Waals surface area (Å²) < 4.78 is 18.8. The van der Waals surface area contributed by atoms with Crippen LogP contribution >= 0.6 is 11.6 Å². The van der Waals surface area contributed by atoms with E-state index in [0.29, 0.717) is 17.7 Å². The SMILES string of the molecule is CC(O)Cc1ccc(OCc2cccc(F)c2Cl)cc1. The fourth-order valence-electron chi connectivity index (χ4n) is 1.88. The number of aliphatic hydroxyl groups is 1. The second-order valence-corrected chi connectivity index (χ2v) is 5.08. The van der Waals surface area contributed by atoms with Crippen LogP contribution in [-0.4, -0.2) is 11.2 Å². The zero-order chi connectivity index (χ0) is 14.5. The van der Waals surface area contributed by atoms with Crippen molar-refractivity contribution in [3.63, 3.8) is 0 Å². The molecule has 0 aliphatic rings. The molecular weight excluding hydrogens is 279 g/mol. The second kappa shape index (κ2) is 6.73. The molecule has 2 nitrogen and oxygen atoms in total. The Bertz CT molecular complexity index is 567. The molecule has 0 spiro atoms. The Balaban J connectivity index is 1.99. The largest absolute Gasteiger partial charge is 0.489 e. The van der Waals surface area contributed by atoms with Crippen LogP contribution in [-0.2, 0) is 13.0 Å². The molecule has 1 unspecified atom stereocenters. The third kappa shape index (κ3) is 3.95. The van der Waals surface area contributed by atoms with Gasteiger partial charge in [-0.15, -0.1) is 0 Å². The Labute approximate surface area is 122 Å². The third-order valence-corrected chi connectivity index (χ3v) is 3.30. The average Bonchev–Trinajstić information content (AvgIpc) is 2.41. The van der Waals surface area contributed by atoms with Gasteiger partial charge in [0, 0.05) is 5.56 Å². The zero-order valence-electron chi connectivity index (χ0n) is 11.1. The van der Waals surface area contributed by atoms with Gasteiger partial charge in [0.25, 0.3) is 0 Å². The number of halogens is 2. The molecule has 106 valence electrons. The summed E-state index contributed by atoms with van der Waals surface area (Å²) in [5, 5.41) is 9.40. The Morgan fingerprint density at radius 1 is 1.20 bits per heavy atom. The molecule has 0 radical (unpaired) electrons. The van der Waals surface area contributed by atoms with Crippen molar-refractivity contribution >= 4 is 11.6 Å². The molecule has 2 rings (SSSR count). The minimum atomic E-state index is -0.444. The highest BCUT2D eigenvalue weighted by atomic mass is 35.5. The fourth-order valence-corrected chi connectivity index (χ4v) is 2.06. The molecule has 4 heteroatoms. The lowest BCUT2D eigenvalue weighted by Gasteiger charge is -2.09. The number of rotatable bonds is 5. The van der Waals surface area contributed by atoms with Gasteiger partial charge in [0.15, 0.2) is 0 Å². The van der Waals surface area contributed by atoms with Crippen molar-refractivity contribution in [2.24, 2.45) is 0 Å². The van der Waals surface area contributed by atoms with Crippen LogP contribution in [0.1, 0.15) is 18.1 Å². The number of hydrogen-bond acceptors (Lipinski definition) is 2. The monoisotopic (exact) mass is 294 g/mol. The van der Waals surface area contributed by atoms with E-state index >= 15 is 0 Å². The van der Waals surface area contributed by atoms with E-state index in [0.717, 1.165) is 5.56 Å². The summed E-state index contributed by atoms with van der Waals surface area (Å²) in [7, 11) is 0. The van der Waals surface area contributed by atoms with Crippen LogP contribution in [0.5, 0.6) is 5.75 Å². The van der Waals surface area contributed by atoms with E-state index < -0.39 is 5.82 Å². The first-order chi connectivity index (χ1) is 9.56. The van der Waals surface area contributed by atoms with Gasteiger partial charge in [-0.3, -0.25) is 0 Å². The summed E-state index contributed by atoms with van der Waals surface area (Å²) >= 11 is 5.86. The van der Waals surface area contributed by atoms with Crippen LogP contribution in [0.4, 0.5) is 4.39 Å². The molecule has 0 saturated heterocycles. The van der Waals surface area contributed by atoms with Gasteiger partial charge < -0.3 is 9.84 Å². The molecule has 20 heavy (non-hydrogen) atoms. The number of ether oxygens (including phenoxy) is 1. The van der Waals surface area contributed by atoms with Gasteiger partial charge in [-0.05, 0) is 37.1 Å². The highest BCUT2D eigenvalue weighted by Crippen LogP contribution is 2.22. The van der Waals surface area contributed by atoms with Crippen LogP contribution in [0.3, 0.4) is 0 Å². The number of benzene rings is 2. The Hall–Kier alpha value is -1.58. The highest BCUT2D eigenvalue weighted by molar-refractivity contribution is 6.31. The van der Waals surface area contributed by atoms with E-state index in [4.69, 9.17) is 16.3 Å². The average molecular weight is 295 g/mol. The van der Waals surface area contributed by atoms with E-state index in [9.17, 15) is 9.50 Å². The van der Waals surface area contributed by atoms with Gasteiger partial charge in [-0.2, -0.15) is 0 Å². The molecule has 0 heterocycles. The van der Waals surface area contributed by atoms with E-state index in [-0.39, 0.29) is 17.7 Å². The maximum Gasteiger partial charge on any atom is 0.142 e. The number of aliphatic hydroxyl groups excluding tert-OH is 1. The molecule has 0 saturated carbocycles. The molecule has 1 atom stereocenters. The van der Waals surface area contributed by atoms with Gasteiger partial charge in [-0.1, -0.05) is 35.9 Å². The first-order valence-corrected chi connectivity index (χ1v) is 6.77. The maximum atomic E-state index is 13.3. The summed E-state index contributed by atoms with van der Waals surface area (Å²) in [6, 6.07) is 12.1. The molecule has 0 aliphatic carbocycles. The molecule has 1 N–H and O–H groups in total. The lowest BCUT2D eigenvalue weighted by molar-refractivity contribution is 0.195. The van der Waals surface area contributed by atoms with Crippen LogP contribution < -0.4 is 4.74 Å². The Morgan fingerprint density at radius 3 is 2.55 bits per heavy atom. The normalized spacial score (nSPS) is 12.2. The summed E-state index contributed by atoms with van der Waals surface area (Å²) in [4.78, 5) is 0. The lowest BCUT2D eigenvalue weighted by Crippen LogP contribution is -2.04. The predicted octanol–water partition coefficient (Wildman–Crippen LogP) is 3.98. The van der Waals surface area contributed by atoms with Gasteiger partial charge >= 0.3 is 0 Å². The molecule has 0 aromatic heterocycles. The smallest absolute Gasteiger partial charge is 0.142 e. The molecule has 2 aromatic carbocycles. The fraction of sp³-hybridized carbons (Fsp3) is 0.250. The highest BCUT2D eigenvalue weighted by Gasteiger charge is 2.06. The van der Waals surface area contributed by atoms with Crippen molar-refractivity contribution < 1.29 is 14.2 Å². The minimum Gasteiger partial charge on any atom is -0.489 e. The van der Waals surface area contributed by atoms with Gasteiger partial charge in [0.05, 0.1) is 11.1 Å².